The van der Waals surface area contributed by atoms with Crippen LogP contribution in [0.4, 0.5) is 11.4 Å². The average molecular weight is 477 g/mol. The molecule has 0 atom stereocenters. The van der Waals surface area contributed by atoms with Crippen molar-refractivity contribution in [1.82, 2.24) is 0 Å². The standard InChI is InChI=1S/C15H13Br3N2O/c1-7-3-8(2)13(19)6-10(7)15(21)20-14-11(17)4-9(16)5-12(14)18/h3-6H,19H2,1-2H3,(H,20,21). The summed E-state index contributed by atoms with van der Waals surface area (Å²) in [4.78, 5) is 12.5. The van der Waals surface area contributed by atoms with Gasteiger partial charge in [0.1, 0.15) is 0 Å². The van der Waals surface area contributed by atoms with E-state index in [2.05, 4.69) is 53.1 Å². The van der Waals surface area contributed by atoms with E-state index in [-0.39, 0.29) is 5.91 Å². The fourth-order valence-electron chi connectivity index (χ4n) is 1.96. The zero-order valence-electron chi connectivity index (χ0n) is 11.4. The van der Waals surface area contributed by atoms with E-state index in [0.29, 0.717) is 16.9 Å². The third-order valence-corrected chi connectivity index (χ3v) is 4.81. The summed E-state index contributed by atoms with van der Waals surface area (Å²) in [5.41, 5.74) is 9.62. The minimum absolute atomic E-state index is 0.192. The first-order valence-electron chi connectivity index (χ1n) is 6.12. The number of benzene rings is 2. The molecule has 1 amide bonds. The van der Waals surface area contributed by atoms with Gasteiger partial charge in [-0.3, -0.25) is 4.79 Å². The van der Waals surface area contributed by atoms with E-state index >= 15 is 0 Å². The van der Waals surface area contributed by atoms with Crippen LogP contribution in [-0.4, -0.2) is 5.91 Å². The van der Waals surface area contributed by atoms with Gasteiger partial charge in [0.05, 0.1) is 5.69 Å². The van der Waals surface area contributed by atoms with Crippen molar-refractivity contribution in [2.24, 2.45) is 0 Å². The van der Waals surface area contributed by atoms with Crippen LogP contribution in [0.25, 0.3) is 0 Å². The van der Waals surface area contributed by atoms with Crippen LogP contribution in [0.3, 0.4) is 0 Å². The molecule has 110 valence electrons. The van der Waals surface area contributed by atoms with Crippen molar-refractivity contribution in [2.75, 3.05) is 11.1 Å². The summed E-state index contributed by atoms with van der Waals surface area (Å²) in [6.45, 7) is 3.82. The first-order valence-corrected chi connectivity index (χ1v) is 8.50. The Morgan fingerprint density at radius 1 is 1.00 bits per heavy atom. The number of anilines is 2. The molecule has 0 radical (unpaired) electrons. The Labute approximate surface area is 148 Å². The Balaban J connectivity index is 2.37. The van der Waals surface area contributed by atoms with Gasteiger partial charge in [-0.05, 0) is 75.0 Å². The zero-order valence-corrected chi connectivity index (χ0v) is 16.2. The summed E-state index contributed by atoms with van der Waals surface area (Å²) in [6, 6.07) is 7.37. The molecular formula is C15H13Br3N2O. The maximum atomic E-state index is 12.5. The molecule has 2 aromatic rings. The summed E-state index contributed by atoms with van der Waals surface area (Å²) in [5, 5.41) is 2.90. The maximum absolute atomic E-state index is 12.5. The number of carbonyl (C=O) groups is 1. The van der Waals surface area contributed by atoms with Crippen molar-refractivity contribution in [3.63, 3.8) is 0 Å². The number of aryl methyl sites for hydroxylation is 2. The zero-order chi connectivity index (χ0) is 15.7. The topological polar surface area (TPSA) is 55.1 Å². The molecule has 21 heavy (non-hydrogen) atoms. The maximum Gasteiger partial charge on any atom is 0.256 e. The second-order valence-electron chi connectivity index (χ2n) is 4.72. The summed E-state index contributed by atoms with van der Waals surface area (Å²) in [7, 11) is 0. The number of hydrogen-bond acceptors (Lipinski definition) is 2. The number of carbonyl (C=O) groups excluding carboxylic acids is 1. The second kappa shape index (κ2) is 6.50. The van der Waals surface area contributed by atoms with Crippen molar-refractivity contribution >= 4 is 65.1 Å². The van der Waals surface area contributed by atoms with Crippen LogP contribution in [0.5, 0.6) is 0 Å². The van der Waals surface area contributed by atoms with Gasteiger partial charge in [-0.2, -0.15) is 0 Å². The van der Waals surface area contributed by atoms with Crippen molar-refractivity contribution in [3.8, 4) is 0 Å². The van der Waals surface area contributed by atoms with Crippen molar-refractivity contribution in [2.45, 2.75) is 13.8 Å². The van der Waals surface area contributed by atoms with Crippen molar-refractivity contribution < 1.29 is 4.79 Å². The van der Waals surface area contributed by atoms with Crippen LogP contribution in [-0.2, 0) is 0 Å². The van der Waals surface area contributed by atoms with E-state index in [9.17, 15) is 4.79 Å². The van der Waals surface area contributed by atoms with Crippen LogP contribution in [0, 0.1) is 13.8 Å². The largest absolute Gasteiger partial charge is 0.398 e. The molecule has 0 aliphatic carbocycles. The lowest BCUT2D eigenvalue weighted by molar-refractivity contribution is 0.102. The van der Waals surface area contributed by atoms with Crippen LogP contribution in [0.15, 0.2) is 37.7 Å². The van der Waals surface area contributed by atoms with Crippen LogP contribution >= 0.6 is 47.8 Å². The number of rotatable bonds is 2. The molecule has 0 heterocycles. The van der Waals surface area contributed by atoms with E-state index in [0.717, 1.165) is 24.5 Å². The van der Waals surface area contributed by atoms with E-state index in [4.69, 9.17) is 5.73 Å². The molecule has 6 heteroatoms. The first kappa shape index (κ1) is 16.5. The predicted molar refractivity (Wildman–Crippen MR) is 97.8 cm³/mol. The fraction of sp³-hybridized carbons (Fsp3) is 0.133. The lowest BCUT2D eigenvalue weighted by Gasteiger charge is -2.13. The molecule has 0 aromatic heterocycles. The Morgan fingerprint density at radius 3 is 2.14 bits per heavy atom. The molecule has 0 bridgehead atoms. The molecule has 2 rings (SSSR count). The second-order valence-corrected chi connectivity index (χ2v) is 7.35. The molecular weight excluding hydrogens is 464 g/mol. The third kappa shape index (κ3) is 3.67. The van der Waals surface area contributed by atoms with Crippen molar-refractivity contribution in [3.05, 3.63) is 54.4 Å². The first-order chi connectivity index (χ1) is 9.79. The highest BCUT2D eigenvalue weighted by Crippen LogP contribution is 2.34. The summed E-state index contributed by atoms with van der Waals surface area (Å²) >= 11 is 10.3. The van der Waals surface area contributed by atoms with Gasteiger partial charge in [-0.1, -0.05) is 22.0 Å². The fourth-order valence-corrected chi connectivity index (χ4v) is 4.41. The Kier molecular flexibility index (Phi) is 5.11. The van der Waals surface area contributed by atoms with Gasteiger partial charge in [0.2, 0.25) is 0 Å². The van der Waals surface area contributed by atoms with E-state index in [1.54, 1.807) is 6.07 Å². The number of halogens is 3. The van der Waals surface area contributed by atoms with E-state index in [1.807, 2.05) is 32.0 Å². The van der Waals surface area contributed by atoms with Gasteiger partial charge in [-0.25, -0.2) is 0 Å². The number of nitrogen functional groups attached to an aromatic ring is 1. The molecule has 0 saturated carbocycles. The van der Waals surface area contributed by atoms with Gasteiger partial charge in [0, 0.05) is 24.7 Å². The minimum atomic E-state index is -0.192. The molecule has 0 fully saturated rings. The lowest BCUT2D eigenvalue weighted by Crippen LogP contribution is -2.15. The highest BCUT2D eigenvalue weighted by molar-refractivity contribution is 9.11. The molecule has 0 unspecified atom stereocenters. The third-order valence-electron chi connectivity index (χ3n) is 3.10. The van der Waals surface area contributed by atoms with Crippen LogP contribution in [0.1, 0.15) is 21.5 Å². The van der Waals surface area contributed by atoms with E-state index in [1.165, 1.54) is 0 Å². The Morgan fingerprint density at radius 2 is 1.57 bits per heavy atom. The van der Waals surface area contributed by atoms with Gasteiger partial charge in [-0.15, -0.1) is 0 Å². The van der Waals surface area contributed by atoms with Gasteiger partial charge in [0.25, 0.3) is 5.91 Å². The lowest BCUT2D eigenvalue weighted by atomic mass is 10.0. The van der Waals surface area contributed by atoms with Crippen LogP contribution in [0.2, 0.25) is 0 Å². The quantitative estimate of drug-likeness (QED) is 0.568. The highest BCUT2D eigenvalue weighted by atomic mass is 79.9. The van der Waals surface area contributed by atoms with Gasteiger partial charge >= 0.3 is 0 Å². The normalized spacial score (nSPS) is 10.5. The molecule has 3 N–H and O–H groups in total. The number of hydrogen-bond donors (Lipinski definition) is 2. The predicted octanol–water partition coefficient (Wildman–Crippen LogP) is 5.43. The van der Waals surface area contributed by atoms with Gasteiger partial charge < -0.3 is 11.1 Å². The summed E-state index contributed by atoms with van der Waals surface area (Å²) < 4.78 is 2.49. The smallest absolute Gasteiger partial charge is 0.256 e. The van der Waals surface area contributed by atoms with Crippen molar-refractivity contribution in [1.29, 1.82) is 0 Å². The minimum Gasteiger partial charge on any atom is -0.398 e. The Hall–Kier alpha value is -0.850. The summed E-state index contributed by atoms with van der Waals surface area (Å²) in [5.74, 6) is -0.192. The van der Waals surface area contributed by atoms with Gasteiger partial charge in [0.15, 0.2) is 0 Å². The highest BCUT2D eigenvalue weighted by Gasteiger charge is 2.15. The number of nitrogens with one attached hydrogen (secondary N) is 1. The molecule has 2 aromatic carbocycles. The monoisotopic (exact) mass is 474 g/mol. The average Bonchev–Trinajstić information content (AvgIpc) is 2.37. The molecule has 0 aliphatic rings. The molecule has 0 aliphatic heterocycles. The van der Waals surface area contributed by atoms with E-state index < -0.39 is 0 Å². The molecule has 0 spiro atoms. The number of amides is 1. The van der Waals surface area contributed by atoms with Crippen LogP contribution < -0.4 is 11.1 Å². The number of nitrogens with two attached hydrogens (primary N) is 1. The SMILES string of the molecule is Cc1cc(C)c(C(=O)Nc2c(Br)cc(Br)cc2Br)cc1N. The molecule has 3 nitrogen and oxygen atoms in total. The molecule has 0 saturated heterocycles. The Bertz CT molecular complexity index is 706. The summed E-state index contributed by atoms with van der Waals surface area (Å²) in [6.07, 6.45) is 0.